The van der Waals surface area contributed by atoms with Crippen molar-refractivity contribution in [1.82, 2.24) is 14.7 Å². The van der Waals surface area contributed by atoms with E-state index < -0.39 is 5.60 Å². The van der Waals surface area contributed by atoms with Gasteiger partial charge in [-0.1, -0.05) is 25.6 Å². The van der Waals surface area contributed by atoms with Gasteiger partial charge in [-0.2, -0.15) is 5.10 Å². The number of halogens is 1. The van der Waals surface area contributed by atoms with Gasteiger partial charge in [0.15, 0.2) is 0 Å². The van der Waals surface area contributed by atoms with Crippen LogP contribution in [0.5, 0.6) is 0 Å². The summed E-state index contributed by atoms with van der Waals surface area (Å²) >= 11 is 1.64. The quantitative estimate of drug-likeness (QED) is 0.644. The Morgan fingerprint density at radius 2 is 1.93 bits per heavy atom. The second-order valence-electron chi connectivity index (χ2n) is 8.30. The van der Waals surface area contributed by atoms with Gasteiger partial charge in [0, 0.05) is 18.0 Å². The lowest BCUT2D eigenvalue weighted by Gasteiger charge is -2.24. The van der Waals surface area contributed by atoms with Crippen molar-refractivity contribution in [2.24, 2.45) is 0 Å². The predicted molar refractivity (Wildman–Crippen MR) is 113 cm³/mol. The molecule has 158 valence electrons. The van der Waals surface area contributed by atoms with Gasteiger partial charge in [-0.25, -0.2) is 9.18 Å². The van der Waals surface area contributed by atoms with Crippen molar-refractivity contribution in [2.75, 3.05) is 13.1 Å². The minimum absolute atomic E-state index is 0.144. The van der Waals surface area contributed by atoms with E-state index in [9.17, 15) is 9.18 Å². The molecule has 0 aliphatic carbocycles. The lowest BCUT2D eigenvalue weighted by atomic mass is 10.2. The van der Waals surface area contributed by atoms with Crippen LogP contribution in [0.15, 0.2) is 34.1 Å². The van der Waals surface area contributed by atoms with Crippen molar-refractivity contribution >= 4 is 17.9 Å². The van der Waals surface area contributed by atoms with Gasteiger partial charge < -0.3 is 9.64 Å². The van der Waals surface area contributed by atoms with Gasteiger partial charge in [-0.05, 0) is 64.3 Å². The lowest BCUT2D eigenvalue weighted by Crippen LogP contribution is -2.35. The number of ether oxygens (including phenoxy) is 1. The molecule has 1 aromatic carbocycles. The summed E-state index contributed by atoms with van der Waals surface area (Å²) in [6.07, 6.45) is 2.27. The monoisotopic (exact) mass is 419 g/mol. The first kappa shape index (κ1) is 21.7. The molecule has 1 aliphatic heterocycles. The van der Waals surface area contributed by atoms with Crippen molar-refractivity contribution < 1.29 is 13.9 Å². The molecular weight excluding hydrogens is 389 g/mol. The summed E-state index contributed by atoms with van der Waals surface area (Å²) in [7, 11) is 0. The van der Waals surface area contributed by atoms with E-state index in [1.54, 1.807) is 28.8 Å². The number of likely N-dealkylation sites (tertiary alicyclic amines) is 1. The minimum atomic E-state index is -0.496. The average molecular weight is 420 g/mol. The molecule has 1 saturated heterocycles. The SMILES string of the molecule is CCc1nn([C@@H]2CCN(C(=O)OC(C)(C)C)C2)c(CC)c1Sc1ccc(F)cc1. The van der Waals surface area contributed by atoms with Gasteiger partial charge in [0.2, 0.25) is 0 Å². The number of aromatic nitrogens is 2. The van der Waals surface area contributed by atoms with Crippen LogP contribution in [0.2, 0.25) is 0 Å². The van der Waals surface area contributed by atoms with Crippen LogP contribution in [0.4, 0.5) is 9.18 Å². The third-order valence-electron chi connectivity index (χ3n) is 4.89. The first-order chi connectivity index (χ1) is 13.7. The van der Waals surface area contributed by atoms with Crippen LogP contribution >= 0.6 is 11.8 Å². The second-order valence-corrected chi connectivity index (χ2v) is 9.38. The molecule has 0 N–H and O–H groups in total. The number of aryl methyl sites for hydroxylation is 1. The molecule has 7 heteroatoms. The maximum Gasteiger partial charge on any atom is 0.410 e. The van der Waals surface area contributed by atoms with Crippen molar-refractivity contribution in [3.8, 4) is 0 Å². The Balaban J connectivity index is 1.82. The van der Waals surface area contributed by atoms with E-state index in [-0.39, 0.29) is 18.0 Å². The summed E-state index contributed by atoms with van der Waals surface area (Å²) in [5.41, 5.74) is 1.73. The maximum absolute atomic E-state index is 13.3. The topological polar surface area (TPSA) is 47.4 Å². The highest BCUT2D eigenvalue weighted by atomic mass is 32.2. The zero-order chi connectivity index (χ0) is 21.2. The lowest BCUT2D eigenvalue weighted by molar-refractivity contribution is 0.0288. The second kappa shape index (κ2) is 8.78. The van der Waals surface area contributed by atoms with Crippen LogP contribution in [0.3, 0.4) is 0 Å². The molecule has 3 rings (SSSR count). The van der Waals surface area contributed by atoms with Crippen molar-refractivity contribution in [2.45, 2.75) is 75.3 Å². The van der Waals surface area contributed by atoms with E-state index in [2.05, 4.69) is 18.5 Å². The first-order valence-corrected chi connectivity index (χ1v) is 11.0. The molecular formula is C22H30FN3O2S. The number of hydrogen-bond donors (Lipinski definition) is 0. The van der Waals surface area contributed by atoms with E-state index >= 15 is 0 Å². The normalized spacial score (nSPS) is 17.0. The third kappa shape index (κ3) is 5.13. The fourth-order valence-electron chi connectivity index (χ4n) is 3.53. The predicted octanol–water partition coefficient (Wildman–Crippen LogP) is 5.48. The summed E-state index contributed by atoms with van der Waals surface area (Å²) in [4.78, 5) is 16.3. The fraction of sp³-hybridized carbons (Fsp3) is 0.545. The molecule has 0 radical (unpaired) electrons. The Bertz CT molecular complexity index is 858. The van der Waals surface area contributed by atoms with Crippen LogP contribution in [0.25, 0.3) is 0 Å². The number of benzene rings is 1. The van der Waals surface area contributed by atoms with E-state index in [0.717, 1.165) is 34.7 Å². The summed E-state index contributed by atoms with van der Waals surface area (Å²) < 4.78 is 20.9. The largest absolute Gasteiger partial charge is 0.444 e. The zero-order valence-corrected chi connectivity index (χ0v) is 18.7. The van der Waals surface area contributed by atoms with Gasteiger partial charge in [-0.3, -0.25) is 4.68 Å². The van der Waals surface area contributed by atoms with Crippen LogP contribution in [0, 0.1) is 5.82 Å². The van der Waals surface area contributed by atoms with E-state index in [1.807, 2.05) is 20.8 Å². The Hall–Kier alpha value is -2.02. The van der Waals surface area contributed by atoms with Crippen LogP contribution in [0.1, 0.15) is 58.5 Å². The van der Waals surface area contributed by atoms with Crippen LogP contribution in [-0.2, 0) is 17.6 Å². The molecule has 0 spiro atoms. The number of amides is 1. The molecule has 1 fully saturated rings. The Morgan fingerprint density at radius 3 is 2.52 bits per heavy atom. The molecule has 0 saturated carbocycles. The number of rotatable bonds is 5. The summed E-state index contributed by atoms with van der Waals surface area (Å²) in [6.45, 7) is 11.2. The fourth-order valence-corrected chi connectivity index (χ4v) is 4.70. The highest BCUT2D eigenvalue weighted by Gasteiger charge is 2.33. The van der Waals surface area contributed by atoms with E-state index in [4.69, 9.17) is 9.84 Å². The number of carbonyl (C=O) groups excluding carboxylic acids is 1. The number of carbonyl (C=O) groups is 1. The standard InChI is InChI=1S/C22H30FN3O2S/c1-6-18-20(29-17-10-8-15(23)9-11-17)19(7-2)26(24-18)16-12-13-25(14-16)21(27)28-22(3,4)5/h8-11,16H,6-7,12-14H2,1-5H3/t16-/m1/s1. The Kier molecular flexibility index (Phi) is 6.56. The average Bonchev–Trinajstić information content (AvgIpc) is 3.26. The van der Waals surface area contributed by atoms with Crippen molar-refractivity contribution in [1.29, 1.82) is 0 Å². The molecule has 2 aromatic rings. The molecule has 1 aromatic heterocycles. The molecule has 0 unspecified atom stereocenters. The van der Waals surface area contributed by atoms with Gasteiger partial charge in [-0.15, -0.1) is 0 Å². The highest BCUT2D eigenvalue weighted by Crippen LogP contribution is 2.36. The maximum atomic E-state index is 13.3. The Morgan fingerprint density at radius 1 is 1.24 bits per heavy atom. The number of nitrogens with zero attached hydrogens (tertiary/aromatic N) is 3. The molecule has 29 heavy (non-hydrogen) atoms. The number of hydrogen-bond acceptors (Lipinski definition) is 4. The highest BCUT2D eigenvalue weighted by molar-refractivity contribution is 7.99. The van der Waals surface area contributed by atoms with E-state index in [1.165, 1.54) is 17.8 Å². The summed E-state index contributed by atoms with van der Waals surface area (Å²) in [5, 5.41) is 4.91. The van der Waals surface area contributed by atoms with Gasteiger partial charge in [0.05, 0.1) is 22.3 Å². The van der Waals surface area contributed by atoms with Crippen LogP contribution in [-0.4, -0.2) is 39.5 Å². The minimum Gasteiger partial charge on any atom is -0.444 e. The van der Waals surface area contributed by atoms with Crippen LogP contribution < -0.4 is 0 Å². The van der Waals surface area contributed by atoms with E-state index in [0.29, 0.717) is 13.1 Å². The van der Waals surface area contributed by atoms with Gasteiger partial charge in [0.1, 0.15) is 11.4 Å². The molecule has 1 aliphatic rings. The van der Waals surface area contributed by atoms with Gasteiger partial charge >= 0.3 is 6.09 Å². The van der Waals surface area contributed by atoms with Crippen molar-refractivity contribution in [3.05, 3.63) is 41.5 Å². The van der Waals surface area contributed by atoms with Gasteiger partial charge in [0.25, 0.3) is 0 Å². The third-order valence-corrected chi connectivity index (χ3v) is 6.08. The smallest absolute Gasteiger partial charge is 0.410 e. The summed E-state index contributed by atoms with van der Waals surface area (Å²) in [5.74, 6) is -0.232. The summed E-state index contributed by atoms with van der Waals surface area (Å²) in [6, 6.07) is 6.72. The molecule has 0 bridgehead atoms. The molecule has 5 nitrogen and oxygen atoms in total. The zero-order valence-electron chi connectivity index (χ0n) is 17.9. The molecule has 1 atom stereocenters. The van der Waals surface area contributed by atoms with Crippen molar-refractivity contribution in [3.63, 3.8) is 0 Å². The molecule has 2 heterocycles. The Labute approximate surface area is 176 Å². The first-order valence-electron chi connectivity index (χ1n) is 10.2. The molecule has 1 amide bonds.